The molecule has 0 aromatic heterocycles. The molecule has 0 heterocycles. The van der Waals surface area contributed by atoms with Gasteiger partial charge in [0.2, 0.25) is 0 Å². The summed E-state index contributed by atoms with van der Waals surface area (Å²) in [6.45, 7) is 11.2. The molecule has 110 valence electrons. The summed E-state index contributed by atoms with van der Waals surface area (Å²) in [5.74, 6) is 0. The molecule has 8 heteroatoms. The van der Waals surface area contributed by atoms with E-state index in [0.717, 1.165) is 13.1 Å². The summed E-state index contributed by atoms with van der Waals surface area (Å²) in [5, 5.41) is 0. The van der Waals surface area contributed by atoms with Crippen molar-refractivity contribution in [2.45, 2.75) is 27.7 Å². The maximum Gasteiger partial charge on any atom is 0.255 e. The van der Waals surface area contributed by atoms with Crippen LogP contribution in [0, 0.1) is 0 Å². The van der Waals surface area contributed by atoms with Gasteiger partial charge in [0, 0.05) is 34.7 Å². The van der Waals surface area contributed by atoms with Crippen LogP contribution in [0.15, 0.2) is 0 Å². The van der Waals surface area contributed by atoms with E-state index in [4.69, 9.17) is 9.05 Å². The van der Waals surface area contributed by atoms with Crippen LogP contribution in [0.4, 0.5) is 0 Å². The molecule has 2 unspecified atom stereocenters. The molecule has 0 aliphatic heterocycles. The Labute approximate surface area is 113 Å². The van der Waals surface area contributed by atoms with Gasteiger partial charge in [-0.15, -0.1) is 0 Å². The molecule has 6 nitrogen and oxygen atoms in total. The Morgan fingerprint density at radius 3 is 1.78 bits per heavy atom. The Morgan fingerprint density at radius 2 is 1.33 bits per heavy atom. The van der Waals surface area contributed by atoms with Gasteiger partial charge in [-0.1, -0.05) is 27.7 Å². The second kappa shape index (κ2) is 11.4. The van der Waals surface area contributed by atoms with Crippen molar-refractivity contribution < 1.29 is 18.8 Å². The van der Waals surface area contributed by atoms with E-state index in [1.54, 1.807) is 4.67 Å². The summed E-state index contributed by atoms with van der Waals surface area (Å²) in [4.78, 5) is 21.3. The molecule has 1 N–H and O–H groups in total. The second-order valence-electron chi connectivity index (χ2n) is 3.43. The topological polar surface area (TPSA) is 68.2 Å². The van der Waals surface area contributed by atoms with Crippen molar-refractivity contribution in [3.05, 3.63) is 0 Å². The minimum absolute atomic E-state index is 0.229. The zero-order valence-corrected chi connectivity index (χ0v) is 13.5. The molecule has 0 bridgehead atoms. The second-order valence-corrected chi connectivity index (χ2v) is 6.06. The zero-order chi connectivity index (χ0) is 14.0. The SMILES string of the molecule is CCN(CC)P([O-])OCCOP(O)N(CC)CC. The first-order chi connectivity index (χ1) is 8.60. The van der Waals surface area contributed by atoms with Crippen LogP contribution in [0.3, 0.4) is 0 Å². The first kappa shape index (κ1) is 18.6. The average Bonchev–Trinajstić information content (AvgIpc) is 2.37. The van der Waals surface area contributed by atoms with Crippen LogP contribution in [0.1, 0.15) is 27.7 Å². The van der Waals surface area contributed by atoms with Gasteiger partial charge in [0.15, 0.2) is 0 Å². The van der Waals surface area contributed by atoms with Crippen LogP contribution in [0.25, 0.3) is 0 Å². The van der Waals surface area contributed by atoms with Gasteiger partial charge in [0.05, 0.1) is 13.2 Å². The van der Waals surface area contributed by atoms with E-state index in [9.17, 15) is 9.79 Å². The number of hydrogen-bond donors (Lipinski definition) is 1. The third-order valence-electron chi connectivity index (χ3n) is 2.42. The highest BCUT2D eigenvalue weighted by molar-refractivity contribution is 7.43. The van der Waals surface area contributed by atoms with Crippen molar-refractivity contribution in [2.24, 2.45) is 0 Å². The van der Waals surface area contributed by atoms with E-state index in [-0.39, 0.29) is 13.2 Å². The highest BCUT2D eigenvalue weighted by atomic mass is 31.2. The van der Waals surface area contributed by atoms with Crippen molar-refractivity contribution in [3.8, 4) is 0 Å². The van der Waals surface area contributed by atoms with Crippen LogP contribution in [0.5, 0.6) is 0 Å². The fourth-order valence-electron chi connectivity index (χ4n) is 1.32. The monoisotopic (exact) mass is 299 g/mol. The smallest absolute Gasteiger partial charge is 0.255 e. The summed E-state index contributed by atoms with van der Waals surface area (Å²) in [7, 11) is -3.34. The number of rotatable bonds is 11. The van der Waals surface area contributed by atoms with Gasteiger partial charge >= 0.3 is 0 Å². The molecule has 0 aliphatic carbocycles. The first-order valence-electron chi connectivity index (χ1n) is 6.32. The van der Waals surface area contributed by atoms with E-state index in [1.165, 1.54) is 0 Å². The van der Waals surface area contributed by atoms with E-state index in [1.807, 2.05) is 32.4 Å². The van der Waals surface area contributed by atoms with Gasteiger partial charge in [-0.25, -0.2) is 4.67 Å². The number of hydrogen-bond acceptors (Lipinski definition) is 6. The molecule has 0 aromatic rings. The quantitative estimate of drug-likeness (QED) is 0.461. The third-order valence-corrected chi connectivity index (χ3v) is 5.32. The molecule has 0 amide bonds. The molecule has 0 aromatic carbocycles. The fraction of sp³-hybridized carbons (Fsp3) is 1.00. The lowest BCUT2D eigenvalue weighted by molar-refractivity contribution is -0.193. The Kier molecular flexibility index (Phi) is 11.8. The van der Waals surface area contributed by atoms with E-state index >= 15 is 0 Å². The Morgan fingerprint density at radius 1 is 0.889 bits per heavy atom. The van der Waals surface area contributed by atoms with Crippen molar-refractivity contribution in [1.82, 2.24) is 9.34 Å². The van der Waals surface area contributed by atoms with E-state index in [2.05, 4.69) is 0 Å². The van der Waals surface area contributed by atoms with Crippen LogP contribution < -0.4 is 4.89 Å². The van der Waals surface area contributed by atoms with Crippen molar-refractivity contribution in [2.75, 3.05) is 39.4 Å². The standard InChI is InChI=1S/C10H25N2O4P2/c1-5-11(6-2)17(13)15-9-10-16-18(14)12(7-3)8-4/h13H,5-10H2,1-4H3/q-1. The van der Waals surface area contributed by atoms with Crippen LogP contribution in [0.2, 0.25) is 0 Å². The predicted molar refractivity (Wildman–Crippen MR) is 73.8 cm³/mol. The molecule has 0 rings (SSSR count). The lowest BCUT2D eigenvalue weighted by Crippen LogP contribution is -2.24. The van der Waals surface area contributed by atoms with Gasteiger partial charge in [-0.3, -0.25) is 4.67 Å². The summed E-state index contributed by atoms with van der Waals surface area (Å²) in [6, 6.07) is 0. The van der Waals surface area contributed by atoms with Gasteiger partial charge in [-0.2, -0.15) is 0 Å². The van der Waals surface area contributed by atoms with Gasteiger partial charge in [0.25, 0.3) is 8.53 Å². The lowest BCUT2D eigenvalue weighted by Gasteiger charge is -2.33. The minimum Gasteiger partial charge on any atom is -0.796 e. The first-order valence-corrected chi connectivity index (χ1v) is 8.61. The summed E-state index contributed by atoms with van der Waals surface area (Å²) >= 11 is 0. The van der Waals surface area contributed by atoms with Gasteiger partial charge < -0.3 is 18.8 Å². The molecule has 2 atom stereocenters. The summed E-state index contributed by atoms with van der Waals surface area (Å²) < 4.78 is 14.0. The molecule has 0 radical (unpaired) electrons. The highest BCUT2D eigenvalue weighted by Gasteiger charge is 2.13. The Bertz CT molecular complexity index is 175. The molecule has 18 heavy (non-hydrogen) atoms. The van der Waals surface area contributed by atoms with Crippen LogP contribution in [-0.4, -0.2) is 53.6 Å². The minimum atomic E-state index is -1.78. The van der Waals surface area contributed by atoms with Gasteiger partial charge in [0.1, 0.15) is 0 Å². The number of nitrogens with zero attached hydrogens (tertiary/aromatic N) is 2. The highest BCUT2D eigenvalue weighted by Crippen LogP contribution is 2.36. The molecule has 0 aliphatic rings. The maximum absolute atomic E-state index is 11.6. The predicted octanol–water partition coefficient (Wildman–Crippen LogP) is 1.51. The Balaban J connectivity index is 3.72. The average molecular weight is 299 g/mol. The van der Waals surface area contributed by atoms with Crippen LogP contribution in [-0.2, 0) is 9.05 Å². The van der Waals surface area contributed by atoms with E-state index in [0.29, 0.717) is 13.1 Å². The van der Waals surface area contributed by atoms with Crippen molar-refractivity contribution >= 4 is 17.1 Å². The molecular weight excluding hydrogens is 274 g/mol. The summed E-state index contributed by atoms with van der Waals surface area (Å²) in [6.07, 6.45) is 0. The Hall–Kier alpha value is 0.620. The van der Waals surface area contributed by atoms with Crippen LogP contribution >= 0.6 is 17.1 Å². The zero-order valence-electron chi connectivity index (χ0n) is 11.7. The molecular formula is C10H25N2O4P2-. The van der Waals surface area contributed by atoms with Crippen molar-refractivity contribution in [3.63, 3.8) is 0 Å². The van der Waals surface area contributed by atoms with Crippen molar-refractivity contribution in [1.29, 1.82) is 0 Å². The normalized spacial score (nSPS) is 15.3. The van der Waals surface area contributed by atoms with Gasteiger partial charge in [-0.05, 0) is 0 Å². The largest absolute Gasteiger partial charge is 0.796 e. The van der Waals surface area contributed by atoms with E-state index < -0.39 is 17.1 Å². The maximum atomic E-state index is 11.6. The fourth-order valence-corrected chi connectivity index (χ4v) is 3.06. The third kappa shape index (κ3) is 7.27. The molecule has 0 fully saturated rings. The molecule has 0 saturated heterocycles. The molecule has 0 saturated carbocycles. The molecule has 0 spiro atoms. The lowest BCUT2D eigenvalue weighted by atomic mass is 10.7. The summed E-state index contributed by atoms with van der Waals surface area (Å²) in [5.41, 5.74) is 0.